The lowest BCUT2D eigenvalue weighted by molar-refractivity contribution is 0.102. The number of carbonyl (C=O) groups excluding carboxylic acids is 2. The molecule has 0 amide bonds. The normalized spacial score (nSPS) is 13.8. The lowest BCUT2D eigenvalue weighted by atomic mass is 9.82. The van der Waals surface area contributed by atoms with Crippen molar-refractivity contribution in [3.63, 3.8) is 0 Å². The number of benzene rings is 6. The van der Waals surface area contributed by atoms with Crippen LogP contribution in [-0.2, 0) is 12.8 Å². The maximum atomic E-state index is 13.5. The van der Waals surface area contributed by atoms with Crippen LogP contribution < -0.4 is 0 Å². The van der Waals surface area contributed by atoms with Gasteiger partial charge in [-0.2, -0.15) is 0 Å². The van der Waals surface area contributed by atoms with Crippen molar-refractivity contribution < 1.29 is 9.59 Å². The highest BCUT2D eigenvalue weighted by molar-refractivity contribution is 6.21. The number of nitrogens with zero attached hydrogens (tertiary/aromatic N) is 2. The van der Waals surface area contributed by atoms with Gasteiger partial charge in [0.25, 0.3) is 0 Å². The predicted octanol–water partition coefficient (Wildman–Crippen LogP) is 8.68. The van der Waals surface area contributed by atoms with Gasteiger partial charge in [0.1, 0.15) is 0 Å². The molecule has 0 unspecified atom stereocenters. The highest BCUT2D eigenvalue weighted by Crippen LogP contribution is 2.41. The second kappa shape index (κ2) is 8.65. The SMILES string of the molecule is O=C1c2ccccc2Cc2cc(N=Nc3cc4c(c5ccccc35)C(=O)c3ccccc3C4)c3ccccc3c21. The summed E-state index contributed by atoms with van der Waals surface area (Å²) >= 11 is 0. The number of carbonyl (C=O) groups is 2. The summed E-state index contributed by atoms with van der Waals surface area (Å²) in [6.07, 6.45) is 1.35. The summed E-state index contributed by atoms with van der Waals surface area (Å²) in [5, 5.41) is 13.1. The average molecular weight is 515 g/mol. The molecule has 4 heteroatoms. The van der Waals surface area contributed by atoms with Crippen molar-refractivity contribution in [3.8, 4) is 0 Å². The Labute approximate surface area is 230 Å². The van der Waals surface area contributed by atoms with Gasteiger partial charge in [-0.25, -0.2) is 0 Å². The molecule has 2 aliphatic carbocycles. The highest BCUT2D eigenvalue weighted by atomic mass is 16.1. The number of fused-ring (bicyclic) bond motifs is 8. The van der Waals surface area contributed by atoms with Gasteiger partial charge in [-0.15, -0.1) is 10.2 Å². The summed E-state index contributed by atoms with van der Waals surface area (Å²) in [6, 6.07) is 35.5. The molecule has 0 spiro atoms. The molecule has 40 heavy (non-hydrogen) atoms. The molecular formula is C36H22N2O2. The quantitative estimate of drug-likeness (QED) is 0.217. The van der Waals surface area contributed by atoms with Crippen LogP contribution in [0.1, 0.15) is 54.1 Å². The van der Waals surface area contributed by atoms with Crippen LogP contribution in [0.3, 0.4) is 0 Å². The topological polar surface area (TPSA) is 58.9 Å². The van der Waals surface area contributed by atoms with Gasteiger partial charge in [-0.1, -0.05) is 97.1 Å². The van der Waals surface area contributed by atoms with E-state index in [1.807, 2.05) is 109 Å². The first-order valence-electron chi connectivity index (χ1n) is 13.4. The van der Waals surface area contributed by atoms with Crippen molar-refractivity contribution in [2.75, 3.05) is 0 Å². The largest absolute Gasteiger partial charge is 0.289 e. The van der Waals surface area contributed by atoms with E-state index in [0.717, 1.165) is 77.4 Å². The minimum atomic E-state index is 0.0576. The fourth-order valence-electron chi connectivity index (χ4n) is 6.38. The van der Waals surface area contributed by atoms with Gasteiger partial charge in [-0.3, -0.25) is 9.59 Å². The Kier molecular flexibility index (Phi) is 4.92. The summed E-state index contributed by atoms with van der Waals surface area (Å²) in [6.45, 7) is 0. The Morgan fingerprint density at radius 2 is 0.800 bits per heavy atom. The lowest BCUT2D eigenvalue weighted by Gasteiger charge is -2.21. The van der Waals surface area contributed by atoms with Gasteiger partial charge in [0.15, 0.2) is 11.6 Å². The molecule has 4 nitrogen and oxygen atoms in total. The fourth-order valence-corrected chi connectivity index (χ4v) is 6.38. The van der Waals surface area contributed by atoms with E-state index in [4.69, 9.17) is 10.2 Å². The van der Waals surface area contributed by atoms with Crippen molar-refractivity contribution in [2.24, 2.45) is 10.2 Å². The van der Waals surface area contributed by atoms with Crippen molar-refractivity contribution in [3.05, 3.63) is 154 Å². The van der Waals surface area contributed by atoms with Crippen molar-refractivity contribution >= 4 is 44.5 Å². The molecule has 8 rings (SSSR count). The van der Waals surface area contributed by atoms with E-state index in [2.05, 4.69) is 0 Å². The molecule has 0 radical (unpaired) electrons. The standard InChI is InChI=1S/C36H22N2O2/c39-35-25-11-3-1-9-21(25)17-23-19-31(27-13-5-7-15-29(27)33(23)35)37-38-32-20-24-18-22-10-2-4-12-26(22)36(40)34(24)30-16-8-6-14-28(30)32/h1-16,19-20H,17-18H2. The van der Waals surface area contributed by atoms with E-state index in [-0.39, 0.29) is 11.6 Å². The smallest absolute Gasteiger partial charge is 0.194 e. The molecule has 0 atom stereocenters. The number of ketones is 2. The molecule has 0 saturated carbocycles. The summed E-state index contributed by atoms with van der Waals surface area (Å²) in [5.74, 6) is 0.115. The van der Waals surface area contributed by atoms with Gasteiger partial charge < -0.3 is 0 Å². The van der Waals surface area contributed by atoms with E-state index >= 15 is 0 Å². The lowest BCUT2D eigenvalue weighted by Crippen LogP contribution is -2.15. The van der Waals surface area contributed by atoms with Gasteiger partial charge >= 0.3 is 0 Å². The minimum Gasteiger partial charge on any atom is -0.289 e. The predicted molar refractivity (Wildman–Crippen MR) is 157 cm³/mol. The monoisotopic (exact) mass is 514 g/mol. The number of azo groups is 1. The highest BCUT2D eigenvalue weighted by Gasteiger charge is 2.27. The second-order valence-electron chi connectivity index (χ2n) is 10.5. The average Bonchev–Trinajstić information content (AvgIpc) is 2.99. The van der Waals surface area contributed by atoms with E-state index in [9.17, 15) is 9.59 Å². The third kappa shape index (κ3) is 3.33. The first kappa shape index (κ1) is 22.7. The van der Waals surface area contributed by atoms with Crippen LogP contribution in [0.4, 0.5) is 11.4 Å². The molecule has 0 bridgehead atoms. The van der Waals surface area contributed by atoms with Crippen LogP contribution in [0.15, 0.2) is 119 Å². The van der Waals surface area contributed by atoms with Crippen molar-refractivity contribution in [1.29, 1.82) is 0 Å². The maximum absolute atomic E-state index is 13.5. The zero-order chi connectivity index (χ0) is 26.8. The molecular weight excluding hydrogens is 492 g/mol. The molecule has 2 aliphatic rings. The first-order valence-corrected chi connectivity index (χ1v) is 13.4. The van der Waals surface area contributed by atoms with Gasteiger partial charge in [0.2, 0.25) is 0 Å². The Bertz CT molecular complexity index is 1950. The number of rotatable bonds is 2. The summed E-state index contributed by atoms with van der Waals surface area (Å²) in [5.41, 5.74) is 8.50. The fraction of sp³-hybridized carbons (Fsp3) is 0.0556. The maximum Gasteiger partial charge on any atom is 0.194 e. The Morgan fingerprint density at radius 1 is 0.425 bits per heavy atom. The molecule has 6 aromatic rings. The van der Waals surface area contributed by atoms with Crippen LogP contribution in [0.2, 0.25) is 0 Å². The molecule has 0 heterocycles. The molecule has 6 aromatic carbocycles. The zero-order valence-electron chi connectivity index (χ0n) is 21.5. The number of hydrogen-bond donors (Lipinski definition) is 0. The van der Waals surface area contributed by atoms with Gasteiger partial charge in [-0.05, 0) is 58.0 Å². The first-order chi connectivity index (χ1) is 19.7. The van der Waals surface area contributed by atoms with Crippen LogP contribution in [0, 0.1) is 0 Å². The summed E-state index contributed by atoms with van der Waals surface area (Å²) in [4.78, 5) is 27.1. The van der Waals surface area contributed by atoms with Crippen molar-refractivity contribution in [2.45, 2.75) is 12.8 Å². The number of hydrogen-bond acceptors (Lipinski definition) is 4. The molecule has 0 fully saturated rings. The molecule has 188 valence electrons. The third-order valence-corrected chi connectivity index (χ3v) is 8.21. The Morgan fingerprint density at radius 3 is 1.25 bits per heavy atom. The van der Waals surface area contributed by atoms with Crippen LogP contribution in [0.25, 0.3) is 21.5 Å². The van der Waals surface area contributed by atoms with E-state index in [0.29, 0.717) is 12.8 Å². The third-order valence-electron chi connectivity index (χ3n) is 8.21. The molecule has 0 saturated heterocycles. The molecule has 0 aromatic heterocycles. The summed E-state index contributed by atoms with van der Waals surface area (Å²) < 4.78 is 0. The van der Waals surface area contributed by atoms with Crippen LogP contribution >= 0.6 is 0 Å². The second-order valence-corrected chi connectivity index (χ2v) is 10.5. The van der Waals surface area contributed by atoms with Gasteiger partial charge in [0.05, 0.1) is 11.4 Å². The Hall–Kier alpha value is -5.22. The van der Waals surface area contributed by atoms with Crippen LogP contribution in [0.5, 0.6) is 0 Å². The van der Waals surface area contributed by atoms with Crippen LogP contribution in [-0.4, -0.2) is 11.6 Å². The zero-order valence-corrected chi connectivity index (χ0v) is 21.5. The van der Waals surface area contributed by atoms with Crippen molar-refractivity contribution in [1.82, 2.24) is 0 Å². The van der Waals surface area contributed by atoms with E-state index in [1.54, 1.807) is 0 Å². The Balaban J connectivity index is 1.29. The molecule has 0 aliphatic heterocycles. The molecule has 0 N–H and O–H groups in total. The van der Waals surface area contributed by atoms with E-state index in [1.165, 1.54) is 0 Å². The van der Waals surface area contributed by atoms with E-state index < -0.39 is 0 Å². The minimum absolute atomic E-state index is 0.0576. The van der Waals surface area contributed by atoms with Gasteiger partial charge in [0, 0.05) is 33.0 Å². The summed E-state index contributed by atoms with van der Waals surface area (Å²) in [7, 11) is 0.